The molecule has 4 heterocycles. The number of carboxylic acids is 1. The SMILES string of the molecule is Cc1cc2c(N3C[C@@H]4CN(S(C)(=O)=O)C[C@]4(C(=O)O)C3)ncnc2s1. The molecule has 0 aromatic carbocycles. The number of nitrogens with zero attached hydrogens (tertiary/aromatic N) is 4. The highest BCUT2D eigenvalue weighted by Gasteiger charge is 2.59. The number of anilines is 1. The van der Waals surface area contributed by atoms with Gasteiger partial charge < -0.3 is 10.0 Å². The molecule has 0 bridgehead atoms. The molecule has 1 N–H and O–H groups in total. The standard InChI is InChI=1S/C15H18N4O4S2/c1-9-3-11-12(16-8-17-13(11)24-9)18-4-10-5-19(25(2,22)23)7-15(10,6-18)14(20)21/h3,8,10H,4-7H2,1-2H3,(H,20,21)/t10-,15-/m1/s1. The summed E-state index contributed by atoms with van der Waals surface area (Å²) in [7, 11) is -3.40. The number of aromatic nitrogens is 2. The van der Waals surface area contributed by atoms with Crippen molar-refractivity contribution in [2.75, 3.05) is 37.3 Å². The minimum atomic E-state index is -3.40. The lowest BCUT2D eigenvalue weighted by molar-refractivity contribution is -0.148. The van der Waals surface area contributed by atoms with E-state index in [1.807, 2.05) is 17.9 Å². The van der Waals surface area contributed by atoms with E-state index < -0.39 is 21.4 Å². The molecule has 10 heteroatoms. The highest BCUT2D eigenvalue weighted by molar-refractivity contribution is 7.88. The van der Waals surface area contributed by atoms with Crippen LogP contribution in [-0.4, -0.2) is 66.2 Å². The van der Waals surface area contributed by atoms with E-state index >= 15 is 0 Å². The smallest absolute Gasteiger partial charge is 0.313 e. The van der Waals surface area contributed by atoms with Gasteiger partial charge in [-0.2, -0.15) is 0 Å². The van der Waals surface area contributed by atoms with Crippen molar-refractivity contribution in [3.8, 4) is 0 Å². The van der Waals surface area contributed by atoms with Crippen molar-refractivity contribution in [2.45, 2.75) is 6.92 Å². The maximum atomic E-state index is 12.0. The molecule has 0 aliphatic carbocycles. The maximum absolute atomic E-state index is 12.0. The zero-order valence-corrected chi connectivity index (χ0v) is 15.5. The Morgan fingerprint density at radius 3 is 2.76 bits per heavy atom. The molecule has 2 atom stereocenters. The molecule has 2 saturated heterocycles. The Labute approximate surface area is 149 Å². The number of hydrogen-bond acceptors (Lipinski definition) is 7. The summed E-state index contributed by atoms with van der Waals surface area (Å²) in [6.07, 6.45) is 2.63. The first-order chi connectivity index (χ1) is 11.7. The number of aryl methyl sites for hydroxylation is 1. The van der Waals surface area contributed by atoms with Crippen molar-refractivity contribution in [1.82, 2.24) is 14.3 Å². The normalized spacial score (nSPS) is 27.1. The van der Waals surface area contributed by atoms with Crippen LogP contribution in [0.4, 0.5) is 5.82 Å². The van der Waals surface area contributed by atoms with Crippen LogP contribution < -0.4 is 4.90 Å². The van der Waals surface area contributed by atoms with Crippen molar-refractivity contribution in [1.29, 1.82) is 0 Å². The Hall–Kier alpha value is -1.78. The van der Waals surface area contributed by atoms with Crippen LogP contribution in [0.1, 0.15) is 4.88 Å². The lowest BCUT2D eigenvalue weighted by atomic mass is 9.81. The second-order valence-corrected chi connectivity index (χ2v) is 10.1. The molecule has 2 aliphatic heterocycles. The molecular weight excluding hydrogens is 364 g/mol. The first kappa shape index (κ1) is 16.7. The highest BCUT2D eigenvalue weighted by Crippen LogP contribution is 2.45. The molecule has 2 aromatic heterocycles. The predicted octanol–water partition coefficient (Wildman–Crippen LogP) is 0.782. The van der Waals surface area contributed by atoms with Gasteiger partial charge in [-0.1, -0.05) is 0 Å². The first-order valence-electron chi connectivity index (χ1n) is 7.85. The number of fused-ring (bicyclic) bond motifs is 2. The van der Waals surface area contributed by atoms with E-state index in [0.29, 0.717) is 6.54 Å². The van der Waals surface area contributed by atoms with Crippen molar-refractivity contribution in [3.63, 3.8) is 0 Å². The first-order valence-corrected chi connectivity index (χ1v) is 10.5. The van der Waals surface area contributed by atoms with Crippen LogP contribution in [0, 0.1) is 18.3 Å². The molecule has 4 rings (SSSR count). The van der Waals surface area contributed by atoms with Crippen LogP contribution in [0.3, 0.4) is 0 Å². The minimum absolute atomic E-state index is 0.0131. The molecule has 0 spiro atoms. The van der Waals surface area contributed by atoms with E-state index in [4.69, 9.17) is 0 Å². The van der Waals surface area contributed by atoms with Gasteiger partial charge in [-0.05, 0) is 13.0 Å². The van der Waals surface area contributed by atoms with Crippen LogP contribution in [0.2, 0.25) is 0 Å². The van der Waals surface area contributed by atoms with Gasteiger partial charge in [0.2, 0.25) is 10.0 Å². The quantitative estimate of drug-likeness (QED) is 0.837. The molecular formula is C15H18N4O4S2. The molecule has 0 saturated carbocycles. The summed E-state index contributed by atoms with van der Waals surface area (Å²) < 4.78 is 25.0. The van der Waals surface area contributed by atoms with E-state index in [1.165, 1.54) is 10.6 Å². The number of rotatable bonds is 3. The summed E-state index contributed by atoms with van der Waals surface area (Å²) in [5, 5.41) is 10.8. The van der Waals surface area contributed by atoms with Crippen LogP contribution in [0.5, 0.6) is 0 Å². The van der Waals surface area contributed by atoms with Gasteiger partial charge in [-0.15, -0.1) is 11.3 Å². The second kappa shape index (κ2) is 5.36. The van der Waals surface area contributed by atoms with Crippen molar-refractivity contribution in [2.24, 2.45) is 11.3 Å². The second-order valence-electron chi connectivity index (χ2n) is 6.87. The summed E-state index contributed by atoms with van der Waals surface area (Å²) in [5.41, 5.74) is -1.09. The Kier molecular flexibility index (Phi) is 3.57. The molecule has 2 aliphatic rings. The Morgan fingerprint density at radius 1 is 1.36 bits per heavy atom. The third kappa shape index (κ3) is 2.51. The largest absolute Gasteiger partial charge is 0.481 e. The van der Waals surface area contributed by atoms with Gasteiger partial charge in [0.05, 0.1) is 11.6 Å². The number of carboxylic acid groups (broad SMARTS) is 1. The van der Waals surface area contributed by atoms with E-state index in [-0.39, 0.29) is 25.6 Å². The van der Waals surface area contributed by atoms with Gasteiger partial charge in [0.1, 0.15) is 22.4 Å². The molecule has 0 radical (unpaired) electrons. The summed E-state index contributed by atoms with van der Waals surface area (Å²) in [4.78, 5) is 24.7. The van der Waals surface area contributed by atoms with Crippen LogP contribution in [-0.2, 0) is 14.8 Å². The molecule has 2 fully saturated rings. The van der Waals surface area contributed by atoms with E-state index in [1.54, 1.807) is 11.3 Å². The Morgan fingerprint density at radius 2 is 2.12 bits per heavy atom. The fourth-order valence-electron chi connectivity index (χ4n) is 3.95. The molecule has 0 unspecified atom stereocenters. The van der Waals surface area contributed by atoms with Crippen LogP contribution in [0.25, 0.3) is 10.2 Å². The van der Waals surface area contributed by atoms with Gasteiger partial charge in [0.15, 0.2) is 0 Å². The number of hydrogen-bond donors (Lipinski definition) is 1. The van der Waals surface area contributed by atoms with E-state index in [2.05, 4.69) is 9.97 Å². The summed E-state index contributed by atoms with van der Waals surface area (Å²) in [5.74, 6) is -0.474. The van der Waals surface area contributed by atoms with Gasteiger partial charge >= 0.3 is 5.97 Å². The van der Waals surface area contributed by atoms with Gasteiger partial charge in [0, 0.05) is 37.0 Å². The van der Waals surface area contributed by atoms with Crippen molar-refractivity contribution in [3.05, 3.63) is 17.3 Å². The monoisotopic (exact) mass is 382 g/mol. The van der Waals surface area contributed by atoms with Gasteiger partial charge in [-0.3, -0.25) is 4.79 Å². The number of carbonyl (C=O) groups is 1. The summed E-state index contributed by atoms with van der Waals surface area (Å²) in [6, 6.07) is 2.01. The predicted molar refractivity (Wildman–Crippen MR) is 94.3 cm³/mol. The topological polar surface area (TPSA) is 104 Å². The molecule has 8 nitrogen and oxygen atoms in total. The highest BCUT2D eigenvalue weighted by atomic mass is 32.2. The fraction of sp³-hybridized carbons (Fsp3) is 0.533. The number of thiophene rings is 1. The molecule has 2 aromatic rings. The van der Waals surface area contributed by atoms with Gasteiger partial charge in [0.25, 0.3) is 0 Å². The number of sulfonamides is 1. The average Bonchev–Trinajstić information content (AvgIpc) is 3.14. The molecule has 0 amide bonds. The molecule has 25 heavy (non-hydrogen) atoms. The number of aliphatic carboxylic acids is 1. The Balaban J connectivity index is 1.72. The van der Waals surface area contributed by atoms with Crippen molar-refractivity contribution >= 4 is 43.4 Å². The van der Waals surface area contributed by atoms with Crippen molar-refractivity contribution < 1.29 is 18.3 Å². The minimum Gasteiger partial charge on any atom is -0.481 e. The summed E-state index contributed by atoms with van der Waals surface area (Å²) >= 11 is 1.57. The third-order valence-corrected chi connectivity index (χ3v) is 7.38. The Bertz CT molecular complexity index is 973. The van der Waals surface area contributed by atoms with Gasteiger partial charge in [-0.25, -0.2) is 22.7 Å². The van der Waals surface area contributed by atoms with E-state index in [0.717, 1.165) is 27.2 Å². The lowest BCUT2D eigenvalue weighted by Gasteiger charge is -2.25. The maximum Gasteiger partial charge on any atom is 0.313 e. The molecule has 134 valence electrons. The van der Waals surface area contributed by atoms with Crippen LogP contribution >= 0.6 is 11.3 Å². The zero-order valence-electron chi connectivity index (χ0n) is 13.8. The average molecular weight is 382 g/mol. The zero-order chi connectivity index (χ0) is 18.0. The lowest BCUT2D eigenvalue weighted by Crippen LogP contribution is -2.42. The third-order valence-electron chi connectivity index (χ3n) is 5.20. The fourth-order valence-corrected chi connectivity index (χ4v) is 5.71. The van der Waals surface area contributed by atoms with Crippen LogP contribution in [0.15, 0.2) is 12.4 Å². The summed E-state index contributed by atoms with van der Waals surface area (Å²) in [6.45, 7) is 2.97. The van der Waals surface area contributed by atoms with E-state index in [9.17, 15) is 18.3 Å².